The predicted octanol–water partition coefficient (Wildman–Crippen LogP) is 10.1. The van der Waals surface area contributed by atoms with Crippen LogP contribution >= 0.6 is 82.3 Å². The summed E-state index contributed by atoms with van der Waals surface area (Å²) in [7, 11) is 6.50. The number of hydrogen-bond donors (Lipinski definition) is 19. The number of aliphatic carboxylic acids is 7. The van der Waals surface area contributed by atoms with Crippen molar-refractivity contribution in [3.63, 3.8) is 0 Å². The van der Waals surface area contributed by atoms with Gasteiger partial charge in [0.15, 0.2) is 63.8 Å². The number of ether oxygens (including phenoxy) is 6. The van der Waals surface area contributed by atoms with E-state index in [9.17, 15) is 66.1 Å². The summed E-state index contributed by atoms with van der Waals surface area (Å²) in [6.07, 6.45) is 0. The van der Waals surface area contributed by atoms with Crippen molar-refractivity contribution in [1.29, 1.82) is 0 Å². The van der Waals surface area contributed by atoms with Gasteiger partial charge in [-0.3, -0.25) is 69.3 Å². The van der Waals surface area contributed by atoms with Gasteiger partial charge in [0, 0.05) is 85.5 Å². The zero-order valence-electron chi connectivity index (χ0n) is 77.6. The second kappa shape index (κ2) is 56.6. The summed E-state index contributed by atoms with van der Waals surface area (Å²) in [5, 5.41) is 142. The Hall–Kier alpha value is -15.2. The summed E-state index contributed by atoms with van der Waals surface area (Å²) in [6.45, 7) is 9.76. The number of nitrogens with zero attached hydrogens (tertiary/aromatic N) is 16. The Bertz CT molecular complexity index is 6830. The van der Waals surface area contributed by atoms with E-state index in [0.717, 1.165) is 139 Å². The van der Waals surface area contributed by atoms with Crippen molar-refractivity contribution in [2.75, 3.05) is 139 Å². The molecule has 0 atom stereocenters. The number of anilines is 2. The molecule has 145 heavy (non-hydrogen) atoms. The molecule has 0 unspecified atom stereocenters. The number of benzene rings is 7. The van der Waals surface area contributed by atoms with Gasteiger partial charge < -0.3 is 94.6 Å². The number of aromatic hydroxyl groups is 3. The molecule has 1 aliphatic rings. The number of aromatic amines is 7. The fourth-order valence-corrected chi connectivity index (χ4v) is 16.3. The van der Waals surface area contributed by atoms with Gasteiger partial charge in [0.2, 0.25) is 51.9 Å². The Balaban J connectivity index is 0.000000188. The lowest BCUT2D eigenvalue weighted by molar-refractivity contribution is -0.134. The second-order valence-corrected chi connectivity index (χ2v) is 36.6. The van der Waals surface area contributed by atoms with Crippen molar-refractivity contribution in [3.8, 4) is 131 Å². The van der Waals surface area contributed by atoms with Crippen molar-refractivity contribution in [2.45, 2.75) is 54.8 Å². The first-order valence-electron chi connectivity index (χ1n) is 41.6. The van der Waals surface area contributed by atoms with E-state index in [2.05, 4.69) is 152 Å². The molecule has 0 amide bonds. The van der Waals surface area contributed by atoms with Crippen LogP contribution in [0.4, 0.5) is 20.2 Å². The topological polar surface area (TPSA) is 733 Å². The van der Waals surface area contributed by atoms with Gasteiger partial charge in [0.25, 0.3) is 0 Å². The van der Waals surface area contributed by atoms with E-state index >= 15 is 0 Å². The Kier molecular flexibility index (Phi) is 44.2. The molecule has 0 saturated carbocycles. The molecule has 0 spiro atoms. The third kappa shape index (κ3) is 35.1. The molecule has 0 radical (unpaired) electrons. The van der Waals surface area contributed by atoms with E-state index < -0.39 is 63.4 Å². The number of H-pyrrole nitrogens is 7. The molecule has 1 aliphatic heterocycles. The van der Waals surface area contributed by atoms with E-state index in [1.165, 1.54) is 104 Å². The number of sulfonamides is 1. The predicted molar refractivity (Wildman–Crippen MR) is 530 cm³/mol. The molecule has 50 nitrogen and oxygen atoms in total. The number of phenolic OH excluding ortho intramolecular Hbond substituents is 3. The number of thioether (sulfide) groups is 7. The van der Waals surface area contributed by atoms with E-state index in [0.29, 0.717) is 95.0 Å². The highest BCUT2D eigenvalue weighted by molar-refractivity contribution is 8.01. The van der Waals surface area contributed by atoms with Crippen LogP contribution in [0.5, 0.6) is 51.7 Å². The van der Waals surface area contributed by atoms with Gasteiger partial charge in [0.05, 0.1) is 110 Å². The zero-order chi connectivity index (χ0) is 105. The van der Waals surface area contributed by atoms with E-state index in [1.54, 1.807) is 42.5 Å². The highest BCUT2D eigenvalue weighted by Gasteiger charge is 2.24. The number of carboxylic acids is 7. The number of nitrogens with one attached hydrogen (secondary N) is 9. The SMILES string of the molecule is CCN(CC)c1ccc(-c2nc(SCC(=O)O)n[nH]2)c(O)c1.CNS(=O)(=O)c1cccc(-c2nc(SCC(=O)O)n[nH]2)c1.COc1cc(-c2nc(SCC(=O)O)n[nH]2)cc(O)c1OC.COc1cc(F)c(-c2nc(SCC(=O)O)n[nH]2)cc1OC.COc1ccc(-c2nc(SCC(=O)O)n[nH]2)c(O)c1.COc1ccc(F)c(-c2nc(SCC(=O)O)n[nH]2)c1.O=C(O)CSc1n[nH]c(-c2cccc(N3CCNCC3)c2)n1. The molecule has 0 aliphatic carbocycles. The van der Waals surface area contributed by atoms with Crippen LogP contribution in [-0.4, -0.2) is 337 Å². The summed E-state index contributed by atoms with van der Waals surface area (Å²) in [4.78, 5) is 107. The van der Waals surface area contributed by atoms with Gasteiger partial charge in [-0.15, -0.1) is 35.7 Å². The molecule has 15 rings (SSSR count). The molecule has 8 heterocycles. The summed E-state index contributed by atoms with van der Waals surface area (Å²) in [6, 6.07) is 34.4. The lowest BCUT2D eigenvalue weighted by Crippen LogP contribution is -2.43. The number of rotatable bonds is 40. The molecule has 7 aromatic heterocycles. The van der Waals surface area contributed by atoms with Crippen molar-refractivity contribution < 1.29 is 130 Å². The fourth-order valence-electron chi connectivity index (χ4n) is 11.9. The van der Waals surface area contributed by atoms with E-state index in [4.69, 9.17) is 64.2 Å². The van der Waals surface area contributed by atoms with Crippen molar-refractivity contribution in [1.82, 2.24) is 116 Å². The molecule has 7 aromatic carbocycles. The van der Waals surface area contributed by atoms with Crippen LogP contribution in [0.25, 0.3) is 79.7 Å². The van der Waals surface area contributed by atoms with Crippen molar-refractivity contribution >= 4 is 146 Å². The van der Waals surface area contributed by atoms with Gasteiger partial charge in [-0.1, -0.05) is 107 Å². The minimum absolute atomic E-state index is 0.00489. The Morgan fingerprint density at radius 1 is 0.379 bits per heavy atom. The number of phenols is 3. The van der Waals surface area contributed by atoms with Crippen LogP contribution < -0.4 is 48.3 Å². The minimum atomic E-state index is -3.54. The van der Waals surface area contributed by atoms with Gasteiger partial charge >= 0.3 is 41.8 Å². The number of halogens is 2. The molecule has 0 bridgehead atoms. The van der Waals surface area contributed by atoms with Gasteiger partial charge in [0.1, 0.15) is 34.6 Å². The standard InChI is InChI=1S/C14H17N5O2S.C14H18N4O3S.C12H12FN3O4S.C12H13N3O5S.C11H10FN3O3S.C11H12N4O4S2.C11H11N3O4S/c20-12(21)9-22-14-16-13(17-18-14)10-2-1-3-11(8-10)19-6-4-15-5-7-19;1-3-18(4-2)9-5-6-10(11(19)7-9)13-15-14(17-16-13)22-8-12(20)21;1-19-8-3-6(7(13)4-9(8)20-2)11-14-12(16-15-11)21-5-10(17)18;1-19-8-4-6(3-7(16)10(8)20-2)11-13-12(15-14-11)21-5-9(17)18;1-18-6-2-3-8(12)7(4-6)10-13-11(15-14-10)19-5-9(16)17;1-12-21(18,19)8-4-2-3-7(5-8)10-13-11(15-14-10)20-6-9(16)17;1-18-6-2-3-7(8(15)4-6)10-12-11(14-13-10)19-5-9(16)17/h1-3,8,15H,4-7,9H2,(H,20,21)(H,16,17,18);5-7,19H,3-4,8H2,1-2H3,(H,20,21)(H,15,16,17);3-4H,5H2,1-2H3,(H,17,18)(H,14,15,16);3-4,16H,5H2,1-2H3,(H,17,18)(H,13,14,15);2-4H,5H2,1H3,(H,16,17)(H,13,14,15);2-5,12H,6H2,1H3,(H,16,17)(H,13,14,15);2-4,15H,5H2,1H3,(H,16,17)(H,12,13,14). The molecule has 770 valence electrons. The number of piperazine rings is 1. The maximum absolute atomic E-state index is 14.0. The highest BCUT2D eigenvalue weighted by atomic mass is 32.2. The van der Waals surface area contributed by atoms with Crippen LogP contribution in [0.3, 0.4) is 0 Å². The molecule has 1 fully saturated rings. The van der Waals surface area contributed by atoms with Crippen LogP contribution in [0.2, 0.25) is 0 Å². The first-order chi connectivity index (χ1) is 69.5. The molecule has 60 heteroatoms. The average molecular weight is 2160 g/mol. The number of methoxy groups -OCH3 is 6. The Labute approximate surface area is 850 Å². The van der Waals surface area contributed by atoms with Crippen LogP contribution in [0, 0.1) is 11.6 Å². The van der Waals surface area contributed by atoms with Crippen molar-refractivity contribution in [2.24, 2.45) is 0 Å². The number of aromatic nitrogens is 21. The number of carbonyl (C=O) groups is 7. The lowest BCUT2D eigenvalue weighted by atomic mass is 10.1. The molecular formula is C85H93F2N25O25S8. The molecular weight excluding hydrogens is 2070 g/mol. The maximum atomic E-state index is 14.0. The second-order valence-electron chi connectivity index (χ2n) is 28.1. The van der Waals surface area contributed by atoms with Gasteiger partial charge in [-0.2, -0.15) is 0 Å². The highest BCUT2D eigenvalue weighted by Crippen LogP contribution is 2.42. The lowest BCUT2D eigenvalue weighted by Gasteiger charge is -2.29. The largest absolute Gasteiger partial charge is 0.507 e. The minimum Gasteiger partial charge on any atom is -0.507 e. The third-order valence-electron chi connectivity index (χ3n) is 18.5. The van der Waals surface area contributed by atoms with E-state index in [1.807, 2.05) is 18.2 Å². The summed E-state index contributed by atoms with van der Waals surface area (Å²) >= 11 is 6.98. The molecule has 14 aromatic rings. The van der Waals surface area contributed by atoms with E-state index in [-0.39, 0.29) is 112 Å². The zero-order valence-corrected chi connectivity index (χ0v) is 84.1. The quantitative estimate of drug-likeness (QED) is 0.0159. The van der Waals surface area contributed by atoms with Gasteiger partial charge in [-0.25, -0.2) is 56.8 Å². The summed E-state index contributed by atoms with van der Waals surface area (Å²) in [5.74, 6) is -3.68. The van der Waals surface area contributed by atoms with Crippen LogP contribution in [0.15, 0.2) is 168 Å². The fraction of sp³-hybridized carbons (Fsp3) is 0.259. The Morgan fingerprint density at radius 2 is 0.738 bits per heavy atom. The Morgan fingerprint density at radius 3 is 1.12 bits per heavy atom. The first-order valence-corrected chi connectivity index (χ1v) is 50.0. The first kappa shape index (κ1) is 113. The smallest absolute Gasteiger partial charge is 0.313 e. The normalized spacial score (nSPS) is 11.3. The monoisotopic (exact) mass is 2160 g/mol. The van der Waals surface area contributed by atoms with Crippen molar-refractivity contribution in [3.05, 3.63) is 139 Å². The third-order valence-corrected chi connectivity index (χ3v) is 25.8. The maximum Gasteiger partial charge on any atom is 0.313 e. The summed E-state index contributed by atoms with van der Waals surface area (Å²) < 4.78 is 83.7. The number of carboxylic acid groups (broad SMARTS) is 7. The van der Waals surface area contributed by atoms with Gasteiger partial charge in [-0.05, 0) is 106 Å². The molecule has 1 saturated heterocycles. The van der Waals surface area contributed by atoms with Crippen LogP contribution in [0.1, 0.15) is 13.8 Å². The number of hydrogen-bond acceptors (Lipinski definition) is 42. The van der Waals surface area contributed by atoms with Crippen LogP contribution in [-0.2, 0) is 43.6 Å². The summed E-state index contributed by atoms with van der Waals surface area (Å²) in [5.41, 5.74) is 5.50. The molecule has 19 N–H and O–H groups in total. The average Bonchev–Trinajstić information content (AvgIpc) is 1.79.